The number of hydrogen-bond donors (Lipinski definition) is 2. The Bertz CT molecular complexity index is 659. The van der Waals surface area contributed by atoms with Gasteiger partial charge in [-0.2, -0.15) is 8.42 Å². The van der Waals surface area contributed by atoms with Crippen LogP contribution in [0.5, 0.6) is 0 Å². The molecule has 19 heavy (non-hydrogen) atoms. The van der Waals surface area contributed by atoms with Gasteiger partial charge in [0.15, 0.2) is 0 Å². The number of carboxylic acid groups (broad SMARTS) is 1. The van der Waals surface area contributed by atoms with Crippen LogP contribution in [0.4, 0.5) is 0 Å². The maximum Gasteiger partial charge on any atom is 0.345 e. The summed E-state index contributed by atoms with van der Waals surface area (Å²) >= 11 is 0. The molecular formula is C10H7NO7S. The van der Waals surface area contributed by atoms with Crippen molar-refractivity contribution in [2.75, 3.05) is 0 Å². The summed E-state index contributed by atoms with van der Waals surface area (Å²) in [6.07, 6.45) is 0. The minimum absolute atomic E-state index is 0.0162. The molecule has 0 aromatic heterocycles. The second kappa shape index (κ2) is 4.14. The van der Waals surface area contributed by atoms with Crippen LogP contribution in [0.2, 0.25) is 0 Å². The van der Waals surface area contributed by atoms with Crippen molar-refractivity contribution in [3.05, 3.63) is 35.4 Å². The van der Waals surface area contributed by atoms with Gasteiger partial charge in [-0.1, -0.05) is 12.1 Å². The van der Waals surface area contributed by atoms with Gasteiger partial charge in [-0.25, -0.2) is 9.69 Å². The van der Waals surface area contributed by atoms with Gasteiger partial charge in [-0.05, 0) is 12.1 Å². The van der Waals surface area contributed by atoms with Crippen LogP contribution in [0.25, 0.3) is 0 Å². The summed E-state index contributed by atoms with van der Waals surface area (Å²) in [6.45, 7) is 0. The van der Waals surface area contributed by atoms with Crippen LogP contribution < -0.4 is 0 Å². The molecule has 2 N–H and O–H groups in total. The highest BCUT2D eigenvalue weighted by molar-refractivity contribution is 7.87. The Morgan fingerprint density at radius 2 is 1.53 bits per heavy atom. The molecule has 2 amide bonds. The quantitative estimate of drug-likeness (QED) is 0.570. The molecule has 8 nitrogen and oxygen atoms in total. The fourth-order valence-corrected chi connectivity index (χ4v) is 2.50. The van der Waals surface area contributed by atoms with Crippen molar-refractivity contribution in [1.29, 1.82) is 0 Å². The fourth-order valence-electron chi connectivity index (χ4n) is 1.79. The number of hydrogen-bond acceptors (Lipinski definition) is 5. The molecule has 2 rings (SSSR count). The van der Waals surface area contributed by atoms with Gasteiger partial charge in [0.2, 0.25) is 0 Å². The van der Waals surface area contributed by atoms with Crippen LogP contribution in [0.1, 0.15) is 20.7 Å². The number of fused-ring (bicyclic) bond motifs is 1. The van der Waals surface area contributed by atoms with E-state index in [-0.39, 0.29) is 16.0 Å². The number of aliphatic carboxylic acids is 1. The van der Waals surface area contributed by atoms with Crippen LogP contribution in [0.15, 0.2) is 24.3 Å². The standard InChI is InChI=1S/C10H7NO7S/c12-7-5-3-1-2-4-6(5)8(13)11(7)9(10(14)15)19(16,17)18/h1-4,9H,(H,14,15)(H,16,17,18). The number of imide groups is 1. The lowest BCUT2D eigenvalue weighted by Gasteiger charge is -2.19. The van der Waals surface area contributed by atoms with Gasteiger partial charge in [-0.3, -0.25) is 14.1 Å². The van der Waals surface area contributed by atoms with Gasteiger partial charge in [-0.15, -0.1) is 0 Å². The van der Waals surface area contributed by atoms with Crippen molar-refractivity contribution in [2.45, 2.75) is 5.37 Å². The summed E-state index contributed by atoms with van der Waals surface area (Å²) < 4.78 is 30.9. The van der Waals surface area contributed by atoms with Crippen molar-refractivity contribution >= 4 is 27.9 Å². The molecule has 0 bridgehead atoms. The lowest BCUT2D eigenvalue weighted by Crippen LogP contribution is -2.49. The Hall–Kier alpha value is -2.26. The van der Waals surface area contributed by atoms with Gasteiger partial charge >= 0.3 is 5.97 Å². The van der Waals surface area contributed by atoms with E-state index in [0.29, 0.717) is 0 Å². The maximum absolute atomic E-state index is 11.9. The number of benzene rings is 1. The first-order valence-corrected chi connectivity index (χ1v) is 6.41. The molecule has 9 heteroatoms. The van der Waals surface area contributed by atoms with Crippen molar-refractivity contribution in [3.63, 3.8) is 0 Å². The second-order valence-corrected chi connectivity index (χ2v) is 5.21. The van der Waals surface area contributed by atoms with Gasteiger partial charge in [0, 0.05) is 0 Å². The van der Waals surface area contributed by atoms with Crippen molar-refractivity contribution in [3.8, 4) is 0 Å². The van der Waals surface area contributed by atoms with Crippen LogP contribution in [0.3, 0.4) is 0 Å². The van der Waals surface area contributed by atoms with E-state index in [9.17, 15) is 22.8 Å². The maximum atomic E-state index is 11.9. The third kappa shape index (κ3) is 1.98. The Kier molecular flexibility index (Phi) is 2.87. The molecule has 1 atom stereocenters. The topological polar surface area (TPSA) is 129 Å². The van der Waals surface area contributed by atoms with Crippen LogP contribution >= 0.6 is 0 Å². The minimum Gasteiger partial charge on any atom is -0.479 e. The largest absolute Gasteiger partial charge is 0.479 e. The lowest BCUT2D eigenvalue weighted by molar-refractivity contribution is -0.138. The molecule has 0 radical (unpaired) electrons. The molecule has 1 aliphatic rings. The van der Waals surface area contributed by atoms with Gasteiger partial charge in [0.05, 0.1) is 11.1 Å². The molecule has 1 aromatic rings. The van der Waals surface area contributed by atoms with Gasteiger partial charge in [0.1, 0.15) is 0 Å². The van der Waals surface area contributed by atoms with E-state index in [1.165, 1.54) is 24.3 Å². The zero-order chi connectivity index (χ0) is 14.4. The van der Waals surface area contributed by atoms with E-state index < -0.39 is 33.3 Å². The molecule has 100 valence electrons. The average molecular weight is 285 g/mol. The number of amides is 2. The fraction of sp³-hybridized carbons (Fsp3) is 0.100. The summed E-state index contributed by atoms with van der Waals surface area (Å²) in [6, 6.07) is 5.41. The summed E-state index contributed by atoms with van der Waals surface area (Å²) in [5.74, 6) is -4.17. The minimum atomic E-state index is -5.15. The highest BCUT2D eigenvalue weighted by atomic mass is 32.2. The number of rotatable bonds is 3. The third-order valence-corrected chi connectivity index (χ3v) is 3.53. The van der Waals surface area contributed by atoms with Crippen molar-refractivity contribution < 1.29 is 32.5 Å². The molecule has 0 fully saturated rings. The summed E-state index contributed by atoms with van der Waals surface area (Å²) in [4.78, 5) is 34.6. The normalized spacial score (nSPS) is 16.4. The first-order valence-electron chi connectivity index (χ1n) is 4.91. The van der Waals surface area contributed by atoms with E-state index in [1.54, 1.807) is 0 Å². The van der Waals surface area contributed by atoms with Crippen LogP contribution in [-0.4, -0.2) is 46.1 Å². The van der Waals surface area contributed by atoms with E-state index in [1.807, 2.05) is 0 Å². The van der Waals surface area contributed by atoms with Crippen LogP contribution in [-0.2, 0) is 14.9 Å². The molecule has 0 saturated heterocycles. The Morgan fingerprint density at radius 3 is 1.84 bits per heavy atom. The van der Waals surface area contributed by atoms with Crippen LogP contribution in [0, 0.1) is 0 Å². The van der Waals surface area contributed by atoms with Crippen molar-refractivity contribution in [2.24, 2.45) is 0 Å². The second-order valence-electron chi connectivity index (χ2n) is 3.73. The van der Waals surface area contributed by atoms with Gasteiger partial charge < -0.3 is 5.11 Å². The number of carboxylic acids is 1. The van der Waals surface area contributed by atoms with Crippen molar-refractivity contribution in [1.82, 2.24) is 4.90 Å². The summed E-state index contributed by atoms with van der Waals surface area (Å²) in [5.41, 5.74) is -0.218. The molecular weight excluding hydrogens is 278 g/mol. The SMILES string of the molecule is O=C(O)C(N1C(=O)c2ccccc2C1=O)S(=O)(=O)O. The molecule has 1 unspecified atom stereocenters. The van der Waals surface area contributed by atoms with Gasteiger partial charge in [0.25, 0.3) is 27.3 Å². The number of carbonyl (C=O) groups excluding carboxylic acids is 2. The molecule has 0 aliphatic carbocycles. The average Bonchev–Trinajstić information content (AvgIpc) is 2.53. The van der Waals surface area contributed by atoms with E-state index in [4.69, 9.17) is 9.66 Å². The predicted octanol–water partition coefficient (Wildman–Crippen LogP) is -0.419. The third-order valence-electron chi connectivity index (χ3n) is 2.55. The van der Waals surface area contributed by atoms with E-state index in [0.717, 1.165) is 0 Å². The lowest BCUT2D eigenvalue weighted by atomic mass is 10.1. The van der Waals surface area contributed by atoms with E-state index >= 15 is 0 Å². The molecule has 1 aromatic carbocycles. The summed E-state index contributed by atoms with van der Waals surface area (Å²) in [7, 11) is -5.15. The predicted molar refractivity (Wildman–Crippen MR) is 59.9 cm³/mol. The number of nitrogens with zero attached hydrogens (tertiary/aromatic N) is 1. The molecule has 1 heterocycles. The summed E-state index contributed by atoms with van der Waals surface area (Å²) in [5, 5.41) is 6.15. The smallest absolute Gasteiger partial charge is 0.345 e. The first-order chi connectivity index (χ1) is 8.75. The first kappa shape index (κ1) is 13.2. The zero-order valence-corrected chi connectivity index (χ0v) is 9.99. The highest BCUT2D eigenvalue weighted by Crippen LogP contribution is 2.26. The molecule has 0 spiro atoms. The molecule has 1 aliphatic heterocycles. The Balaban J connectivity index is 2.58. The van der Waals surface area contributed by atoms with E-state index in [2.05, 4.69) is 0 Å². The monoisotopic (exact) mass is 285 g/mol. The number of carbonyl (C=O) groups is 3. The Labute approximate surface area is 107 Å². The zero-order valence-electron chi connectivity index (χ0n) is 9.18. The molecule has 0 saturated carbocycles. The Morgan fingerprint density at radius 1 is 1.11 bits per heavy atom. The highest BCUT2D eigenvalue weighted by Gasteiger charge is 2.48.